The first-order chi connectivity index (χ1) is 17.6. The van der Waals surface area contributed by atoms with Gasteiger partial charge < -0.3 is 0 Å². The molecule has 4 aromatic rings. The Morgan fingerprint density at radius 3 is 2.08 bits per heavy atom. The molecule has 4 rings (SSSR count). The maximum atomic E-state index is 12.9. The fourth-order valence-corrected chi connectivity index (χ4v) is 3.97. The summed E-state index contributed by atoms with van der Waals surface area (Å²) in [5.41, 5.74) is 2.41. The highest BCUT2D eigenvalue weighted by atomic mass is 35.5. The topological polar surface area (TPSA) is 63.4 Å². The normalized spacial score (nSPS) is 12.0. The molecule has 0 spiro atoms. The van der Waals surface area contributed by atoms with E-state index in [1.807, 2.05) is 12.1 Å². The van der Waals surface area contributed by atoms with Gasteiger partial charge in [-0.25, -0.2) is 4.98 Å². The summed E-state index contributed by atoms with van der Waals surface area (Å²) in [4.78, 5) is 20.3. The van der Waals surface area contributed by atoms with Crippen molar-refractivity contribution in [2.24, 2.45) is 5.10 Å². The Kier molecular flexibility index (Phi) is 7.65. The molecule has 0 aliphatic heterocycles. The lowest BCUT2D eigenvalue weighted by molar-refractivity contribution is -0.141. The standard InChI is InChI=1S/C26H20Cl2F3N5O/c1-16-33-24(19-6-10-21(28)11-7-19)23(18-4-8-20(27)9-5-18)25(36(16)15-37)34-35(2)14-17-3-12-22(32-13-17)26(29,30)31/h3-13,15H,14H2,1-2H3/b34-25-. The number of halogens is 5. The fraction of sp³-hybridized carbons (Fsp3) is 0.154. The van der Waals surface area contributed by atoms with Gasteiger partial charge in [0.05, 0.1) is 17.8 Å². The van der Waals surface area contributed by atoms with Crippen LogP contribution in [0.3, 0.4) is 0 Å². The highest BCUT2D eigenvalue weighted by Gasteiger charge is 2.32. The zero-order chi connectivity index (χ0) is 26.7. The summed E-state index contributed by atoms with van der Waals surface area (Å²) < 4.78 is 39.9. The number of aryl methyl sites for hydroxylation is 1. The summed E-state index contributed by atoms with van der Waals surface area (Å²) in [6, 6.07) is 16.4. The van der Waals surface area contributed by atoms with Gasteiger partial charge in [-0.05, 0) is 48.4 Å². The van der Waals surface area contributed by atoms with E-state index in [1.165, 1.54) is 15.6 Å². The van der Waals surface area contributed by atoms with Gasteiger partial charge in [-0.3, -0.25) is 19.4 Å². The first-order valence-electron chi connectivity index (χ1n) is 10.9. The number of hydrogen-bond acceptors (Lipinski definition) is 5. The minimum Gasteiger partial charge on any atom is -0.294 e. The molecule has 2 heterocycles. The molecule has 11 heteroatoms. The number of carbonyl (C=O) groups is 1. The maximum Gasteiger partial charge on any atom is 0.433 e. The number of hydrogen-bond donors (Lipinski definition) is 0. The molecule has 0 amide bonds. The molecule has 37 heavy (non-hydrogen) atoms. The SMILES string of the molecule is Cc1nc(-c2ccc(Cl)cc2)c(-c2ccc(Cl)cc2)/c(=N/N(C)Cc2ccc(C(F)(F)F)nc2)n1C=O. The first kappa shape index (κ1) is 26.4. The van der Waals surface area contributed by atoms with Gasteiger partial charge in [0, 0.05) is 28.9 Å². The maximum absolute atomic E-state index is 12.9. The van der Waals surface area contributed by atoms with E-state index in [4.69, 9.17) is 23.2 Å². The van der Waals surface area contributed by atoms with Gasteiger partial charge in [-0.1, -0.05) is 53.5 Å². The van der Waals surface area contributed by atoms with Gasteiger partial charge in [0.25, 0.3) is 0 Å². The number of pyridine rings is 1. The zero-order valence-electron chi connectivity index (χ0n) is 19.7. The third kappa shape index (κ3) is 6.00. The van der Waals surface area contributed by atoms with Gasteiger partial charge in [-0.2, -0.15) is 18.3 Å². The predicted molar refractivity (Wildman–Crippen MR) is 136 cm³/mol. The van der Waals surface area contributed by atoms with Crippen LogP contribution in [0.25, 0.3) is 22.4 Å². The largest absolute Gasteiger partial charge is 0.433 e. The van der Waals surface area contributed by atoms with Crippen LogP contribution in [-0.4, -0.2) is 33.0 Å². The Morgan fingerprint density at radius 2 is 1.57 bits per heavy atom. The number of benzene rings is 2. The van der Waals surface area contributed by atoms with Crippen LogP contribution in [0.2, 0.25) is 10.0 Å². The molecule has 0 fully saturated rings. The van der Waals surface area contributed by atoms with Crippen LogP contribution in [0.1, 0.15) is 17.1 Å². The Hall–Kier alpha value is -3.69. The molecule has 0 radical (unpaired) electrons. The molecule has 0 aliphatic carbocycles. The molecule has 0 N–H and O–H groups in total. The number of rotatable bonds is 6. The Balaban J connectivity index is 1.89. The lowest BCUT2D eigenvalue weighted by Crippen LogP contribution is -2.30. The average Bonchev–Trinajstić information content (AvgIpc) is 2.85. The molecule has 190 valence electrons. The highest BCUT2D eigenvalue weighted by Crippen LogP contribution is 2.30. The quantitative estimate of drug-likeness (QED) is 0.213. The monoisotopic (exact) mass is 545 g/mol. The van der Waals surface area contributed by atoms with Crippen molar-refractivity contribution in [2.75, 3.05) is 7.05 Å². The molecular formula is C26H20Cl2F3N5O. The van der Waals surface area contributed by atoms with E-state index < -0.39 is 11.9 Å². The van der Waals surface area contributed by atoms with Gasteiger partial charge in [-0.15, -0.1) is 0 Å². The van der Waals surface area contributed by atoms with Gasteiger partial charge in [0.15, 0.2) is 5.49 Å². The first-order valence-corrected chi connectivity index (χ1v) is 11.7. The lowest BCUT2D eigenvalue weighted by Gasteiger charge is -2.18. The summed E-state index contributed by atoms with van der Waals surface area (Å²) in [6.45, 7) is 1.82. The average molecular weight is 546 g/mol. The van der Waals surface area contributed by atoms with Gasteiger partial charge >= 0.3 is 6.18 Å². The van der Waals surface area contributed by atoms with Crippen molar-refractivity contribution >= 4 is 29.6 Å². The molecule has 2 aromatic carbocycles. The molecule has 0 saturated carbocycles. The number of aromatic nitrogens is 3. The van der Waals surface area contributed by atoms with Crippen LogP contribution in [0.5, 0.6) is 0 Å². The van der Waals surface area contributed by atoms with Crippen LogP contribution in [-0.2, 0) is 17.5 Å². The summed E-state index contributed by atoms with van der Waals surface area (Å²) in [5, 5.41) is 7.28. The van der Waals surface area contributed by atoms with E-state index >= 15 is 0 Å². The van der Waals surface area contributed by atoms with E-state index in [-0.39, 0.29) is 12.0 Å². The number of carbonyl (C=O) groups excluding carboxylic acids is 1. The fourth-order valence-electron chi connectivity index (χ4n) is 3.72. The smallest absolute Gasteiger partial charge is 0.294 e. The second-order valence-electron chi connectivity index (χ2n) is 8.16. The second kappa shape index (κ2) is 10.7. The van der Waals surface area contributed by atoms with Crippen LogP contribution in [0, 0.1) is 6.92 Å². The minimum absolute atomic E-state index is 0.141. The van der Waals surface area contributed by atoms with Crippen molar-refractivity contribution in [3.05, 3.63) is 99.5 Å². The van der Waals surface area contributed by atoms with Crippen molar-refractivity contribution in [3.63, 3.8) is 0 Å². The van der Waals surface area contributed by atoms with E-state index in [2.05, 4.69) is 15.1 Å². The molecule has 0 unspecified atom stereocenters. The van der Waals surface area contributed by atoms with Crippen LogP contribution < -0.4 is 5.49 Å². The molecule has 2 aromatic heterocycles. The Bertz CT molecular complexity index is 1480. The Morgan fingerprint density at radius 1 is 0.973 bits per heavy atom. The number of nitrogens with zero attached hydrogens (tertiary/aromatic N) is 5. The third-order valence-corrected chi connectivity index (χ3v) is 5.96. The van der Waals surface area contributed by atoms with Crippen LogP contribution in [0.15, 0.2) is 72.0 Å². The summed E-state index contributed by atoms with van der Waals surface area (Å²) in [6.07, 6.45) is -2.76. The van der Waals surface area contributed by atoms with Gasteiger partial charge in [0.1, 0.15) is 11.5 Å². The van der Waals surface area contributed by atoms with Crippen molar-refractivity contribution in [2.45, 2.75) is 19.6 Å². The second-order valence-corrected chi connectivity index (χ2v) is 9.03. The van der Waals surface area contributed by atoms with Crippen molar-refractivity contribution < 1.29 is 18.0 Å². The molecule has 6 nitrogen and oxygen atoms in total. The molecule has 0 aliphatic rings. The summed E-state index contributed by atoms with van der Waals surface area (Å²) in [7, 11) is 1.65. The minimum atomic E-state index is -4.52. The predicted octanol–water partition coefficient (Wildman–Crippen LogP) is 6.23. The summed E-state index contributed by atoms with van der Waals surface area (Å²) >= 11 is 12.2. The molecule has 0 saturated heterocycles. The van der Waals surface area contributed by atoms with Crippen molar-refractivity contribution in [3.8, 4) is 22.4 Å². The van der Waals surface area contributed by atoms with E-state index in [9.17, 15) is 18.0 Å². The van der Waals surface area contributed by atoms with Gasteiger partial charge in [0.2, 0.25) is 6.41 Å². The zero-order valence-corrected chi connectivity index (χ0v) is 21.2. The molecular weight excluding hydrogens is 526 g/mol. The van der Waals surface area contributed by atoms with Crippen LogP contribution in [0.4, 0.5) is 13.2 Å². The summed E-state index contributed by atoms with van der Waals surface area (Å²) in [5.74, 6) is 0.390. The van der Waals surface area contributed by atoms with E-state index in [1.54, 1.807) is 50.4 Å². The van der Waals surface area contributed by atoms with Crippen molar-refractivity contribution in [1.29, 1.82) is 0 Å². The number of alkyl halides is 3. The molecule has 0 atom stereocenters. The lowest BCUT2D eigenvalue weighted by atomic mass is 10.00. The van der Waals surface area contributed by atoms with Crippen LogP contribution >= 0.6 is 23.2 Å². The van der Waals surface area contributed by atoms with E-state index in [0.29, 0.717) is 44.7 Å². The van der Waals surface area contributed by atoms with Crippen molar-refractivity contribution in [1.82, 2.24) is 19.5 Å². The highest BCUT2D eigenvalue weighted by molar-refractivity contribution is 6.31. The molecule has 0 bridgehead atoms. The third-order valence-electron chi connectivity index (χ3n) is 5.46. The Labute approximate surface area is 220 Å². The van der Waals surface area contributed by atoms with E-state index in [0.717, 1.165) is 17.8 Å².